The maximum absolute atomic E-state index is 12.8. The van der Waals surface area contributed by atoms with Gasteiger partial charge in [-0.05, 0) is 42.8 Å². The summed E-state index contributed by atoms with van der Waals surface area (Å²) in [5, 5.41) is 6.48. The highest BCUT2D eigenvalue weighted by Crippen LogP contribution is 2.33. The molecule has 0 aliphatic heterocycles. The first kappa shape index (κ1) is 20.3. The first-order valence-corrected chi connectivity index (χ1v) is 8.94. The Labute approximate surface area is 173 Å². The summed E-state index contributed by atoms with van der Waals surface area (Å²) in [5.41, 5.74) is 2.54. The molecular weight excluding hydrogens is 415 g/mol. The number of nitrogens with one attached hydrogen (secondary N) is 1. The molecule has 11 heteroatoms. The molecular formula is C20H14F3N5O3. The van der Waals surface area contributed by atoms with Gasteiger partial charge in [0.2, 0.25) is 5.82 Å². The molecule has 3 aromatic heterocycles. The number of aryl methyl sites for hydroxylation is 1. The Bertz CT molecular complexity index is 1260. The van der Waals surface area contributed by atoms with Gasteiger partial charge in [-0.3, -0.25) is 15.3 Å². The zero-order chi connectivity index (χ0) is 22.0. The third-order valence-electron chi connectivity index (χ3n) is 4.22. The summed E-state index contributed by atoms with van der Waals surface area (Å²) in [5.74, 6) is -1.72. The molecule has 158 valence electrons. The zero-order valence-electron chi connectivity index (χ0n) is 16.0. The lowest BCUT2D eigenvalue weighted by atomic mass is 10.1. The van der Waals surface area contributed by atoms with E-state index in [1.165, 1.54) is 18.3 Å². The van der Waals surface area contributed by atoms with E-state index in [0.717, 1.165) is 11.1 Å². The lowest BCUT2D eigenvalue weighted by molar-refractivity contribution is -0.159. The van der Waals surface area contributed by atoms with Crippen LogP contribution >= 0.6 is 0 Å². The van der Waals surface area contributed by atoms with Crippen LogP contribution in [0.15, 0.2) is 53.4 Å². The van der Waals surface area contributed by atoms with Crippen LogP contribution in [0.5, 0.6) is 0 Å². The second kappa shape index (κ2) is 8.01. The number of rotatable bonds is 4. The quantitative estimate of drug-likeness (QED) is 0.499. The minimum absolute atomic E-state index is 0.0257. The van der Waals surface area contributed by atoms with Gasteiger partial charge in [-0.25, -0.2) is 4.79 Å². The number of halogens is 3. The fourth-order valence-corrected chi connectivity index (χ4v) is 2.90. The van der Waals surface area contributed by atoms with Gasteiger partial charge in [0, 0.05) is 35.1 Å². The van der Waals surface area contributed by atoms with Gasteiger partial charge < -0.3 is 9.26 Å². The largest absolute Gasteiger partial charge is 0.471 e. The van der Waals surface area contributed by atoms with Gasteiger partial charge in [0.1, 0.15) is 6.61 Å². The van der Waals surface area contributed by atoms with E-state index in [4.69, 9.17) is 4.74 Å². The summed E-state index contributed by atoms with van der Waals surface area (Å²) >= 11 is 0. The van der Waals surface area contributed by atoms with Crippen LogP contribution in [0.4, 0.5) is 23.7 Å². The molecule has 0 aliphatic rings. The summed E-state index contributed by atoms with van der Waals surface area (Å²) in [6, 6.07) is 8.06. The number of hydrogen-bond donors (Lipinski definition) is 1. The SMILES string of the molecule is Cc1cncc(COC(=O)Nc2ccc(-c3noc(C(F)(F)F)n3)c3ncccc23)c1. The van der Waals surface area contributed by atoms with Crippen LogP contribution < -0.4 is 5.32 Å². The van der Waals surface area contributed by atoms with Crippen molar-refractivity contribution in [2.24, 2.45) is 0 Å². The van der Waals surface area contributed by atoms with E-state index in [1.807, 2.05) is 13.0 Å². The molecule has 0 spiro atoms. The third kappa shape index (κ3) is 4.44. The van der Waals surface area contributed by atoms with E-state index in [-0.39, 0.29) is 23.5 Å². The van der Waals surface area contributed by atoms with Gasteiger partial charge in [0.25, 0.3) is 0 Å². The topological polar surface area (TPSA) is 103 Å². The van der Waals surface area contributed by atoms with Crippen LogP contribution in [0.25, 0.3) is 22.3 Å². The molecule has 0 atom stereocenters. The summed E-state index contributed by atoms with van der Waals surface area (Å²) in [6.07, 6.45) is -0.728. The smallest absolute Gasteiger partial charge is 0.444 e. The summed E-state index contributed by atoms with van der Waals surface area (Å²) < 4.78 is 47.9. The maximum atomic E-state index is 12.8. The van der Waals surface area contributed by atoms with Gasteiger partial charge in [-0.2, -0.15) is 18.2 Å². The van der Waals surface area contributed by atoms with Gasteiger partial charge in [0.15, 0.2) is 0 Å². The molecule has 1 amide bonds. The molecule has 4 aromatic rings. The highest BCUT2D eigenvalue weighted by Gasteiger charge is 2.38. The van der Waals surface area contributed by atoms with Crippen LogP contribution in [-0.4, -0.2) is 26.2 Å². The predicted molar refractivity (Wildman–Crippen MR) is 103 cm³/mol. The summed E-state index contributed by atoms with van der Waals surface area (Å²) in [6.45, 7) is 1.90. The van der Waals surface area contributed by atoms with Crippen LogP contribution in [-0.2, 0) is 17.5 Å². The Morgan fingerprint density at radius 2 is 2.06 bits per heavy atom. The Balaban J connectivity index is 1.58. The van der Waals surface area contributed by atoms with Crippen LogP contribution in [0, 0.1) is 6.92 Å². The van der Waals surface area contributed by atoms with Gasteiger partial charge >= 0.3 is 18.2 Å². The minimum atomic E-state index is -4.76. The minimum Gasteiger partial charge on any atom is -0.444 e. The van der Waals surface area contributed by atoms with Crippen molar-refractivity contribution in [1.29, 1.82) is 0 Å². The second-order valence-electron chi connectivity index (χ2n) is 6.55. The molecule has 0 radical (unpaired) electrons. The van der Waals surface area contributed by atoms with Crippen molar-refractivity contribution in [3.05, 3.63) is 65.9 Å². The number of amides is 1. The molecule has 0 saturated carbocycles. The Kier molecular flexibility index (Phi) is 5.24. The highest BCUT2D eigenvalue weighted by molar-refractivity contribution is 6.03. The van der Waals surface area contributed by atoms with Crippen LogP contribution in [0.2, 0.25) is 0 Å². The van der Waals surface area contributed by atoms with Crippen molar-refractivity contribution in [3.8, 4) is 11.4 Å². The molecule has 8 nitrogen and oxygen atoms in total. The number of alkyl halides is 3. The van der Waals surface area contributed by atoms with Crippen molar-refractivity contribution in [2.45, 2.75) is 19.7 Å². The Hall–Kier alpha value is -4.02. The molecule has 3 heterocycles. The van der Waals surface area contributed by atoms with Crippen molar-refractivity contribution in [2.75, 3.05) is 5.32 Å². The second-order valence-corrected chi connectivity index (χ2v) is 6.55. The van der Waals surface area contributed by atoms with Crippen LogP contribution in [0.3, 0.4) is 0 Å². The number of hydrogen-bond acceptors (Lipinski definition) is 7. The number of ether oxygens (including phenoxy) is 1. The van der Waals surface area contributed by atoms with Gasteiger partial charge in [-0.15, -0.1) is 0 Å². The van der Waals surface area contributed by atoms with Crippen molar-refractivity contribution >= 4 is 22.7 Å². The third-order valence-corrected chi connectivity index (χ3v) is 4.22. The van der Waals surface area contributed by atoms with E-state index in [2.05, 4.69) is 29.9 Å². The lowest BCUT2D eigenvalue weighted by Crippen LogP contribution is -2.14. The molecule has 0 unspecified atom stereocenters. The predicted octanol–water partition coefficient (Wildman–Crippen LogP) is 4.76. The van der Waals surface area contributed by atoms with E-state index in [1.54, 1.807) is 24.5 Å². The van der Waals surface area contributed by atoms with E-state index < -0.39 is 18.2 Å². The lowest BCUT2D eigenvalue weighted by Gasteiger charge is -2.11. The van der Waals surface area contributed by atoms with E-state index in [9.17, 15) is 18.0 Å². The molecule has 4 rings (SSSR count). The molecule has 1 N–H and O–H groups in total. The van der Waals surface area contributed by atoms with Crippen LogP contribution in [0.1, 0.15) is 17.0 Å². The molecule has 0 aliphatic carbocycles. The molecule has 31 heavy (non-hydrogen) atoms. The number of carbonyl (C=O) groups excluding carboxylic acids is 1. The van der Waals surface area contributed by atoms with Crippen molar-refractivity contribution < 1.29 is 27.2 Å². The average Bonchev–Trinajstić information content (AvgIpc) is 3.23. The first-order chi connectivity index (χ1) is 14.8. The molecule has 0 fully saturated rings. The summed E-state index contributed by atoms with van der Waals surface area (Å²) in [7, 11) is 0. The van der Waals surface area contributed by atoms with Gasteiger partial charge in [0.05, 0.1) is 11.2 Å². The standard InChI is InChI=1S/C20H14F3N5O3/c1-11-7-12(9-24-8-11)10-30-19(29)26-15-5-4-14(16-13(15)3-2-6-25-16)17-27-18(31-28-17)20(21,22)23/h2-9H,10H2,1H3,(H,26,29). The van der Waals surface area contributed by atoms with E-state index >= 15 is 0 Å². The first-order valence-electron chi connectivity index (χ1n) is 8.94. The Morgan fingerprint density at radius 1 is 1.23 bits per heavy atom. The van der Waals surface area contributed by atoms with Crippen molar-refractivity contribution in [3.63, 3.8) is 0 Å². The normalized spacial score (nSPS) is 11.5. The highest BCUT2D eigenvalue weighted by atomic mass is 19.4. The molecule has 0 bridgehead atoms. The molecule has 0 saturated heterocycles. The number of carbonyl (C=O) groups is 1. The summed E-state index contributed by atoms with van der Waals surface area (Å²) in [4.78, 5) is 23.9. The number of benzene rings is 1. The Morgan fingerprint density at radius 3 is 2.81 bits per heavy atom. The number of aromatic nitrogens is 4. The maximum Gasteiger partial charge on any atom is 0.471 e. The number of fused-ring (bicyclic) bond motifs is 1. The number of pyridine rings is 2. The fourth-order valence-electron chi connectivity index (χ4n) is 2.90. The number of nitrogens with zero attached hydrogens (tertiary/aromatic N) is 4. The molecule has 1 aromatic carbocycles. The number of anilines is 1. The zero-order valence-corrected chi connectivity index (χ0v) is 16.0. The average molecular weight is 429 g/mol. The fraction of sp³-hybridized carbons (Fsp3) is 0.150. The van der Waals surface area contributed by atoms with Crippen molar-refractivity contribution in [1.82, 2.24) is 20.1 Å². The van der Waals surface area contributed by atoms with E-state index in [0.29, 0.717) is 11.1 Å². The van der Waals surface area contributed by atoms with Gasteiger partial charge in [-0.1, -0.05) is 5.16 Å². The monoisotopic (exact) mass is 429 g/mol.